The second-order valence-corrected chi connectivity index (χ2v) is 9.49. The number of carbonyl (C=O) groups excluding carboxylic acids is 1. The molecular formula is C25H19Cl2F3N4O2S. The van der Waals surface area contributed by atoms with Crippen molar-refractivity contribution in [3.05, 3.63) is 99.3 Å². The Bertz CT molecular complexity index is 1430. The van der Waals surface area contributed by atoms with Gasteiger partial charge in [0.2, 0.25) is 0 Å². The van der Waals surface area contributed by atoms with Crippen LogP contribution in [0.1, 0.15) is 27.3 Å². The summed E-state index contributed by atoms with van der Waals surface area (Å²) in [5.74, 6) is 0.685. The lowest BCUT2D eigenvalue weighted by molar-refractivity contribution is -0.137. The fourth-order valence-electron chi connectivity index (χ4n) is 3.48. The molecule has 0 aliphatic carbocycles. The minimum absolute atomic E-state index is 0.00699. The van der Waals surface area contributed by atoms with Crippen LogP contribution in [-0.2, 0) is 18.5 Å². The summed E-state index contributed by atoms with van der Waals surface area (Å²) < 4.78 is 46.6. The highest BCUT2D eigenvalue weighted by Gasteiger charge is 2.30. The average molecular weight is 567 g/mol. The molecule has 0 aliphatic rings. The van der Waals surface area contributed by atoms with Crippen LogP contribution in [0.3, 0.4) is 0 Å². The second kappa shape index (κ2) is 11.5. The number of hydrogen-bond acceptors (Lipinski definition) is 5. The third-order valence-electron chi connectivity index (χ3n) is 5.23. The molecule has 1 aromatic heterocycles. The van der Waals surface area contributed by atoms with Crippen LogP contribution >= 0.6 is 35.0 Å². The number of benzene rings is 3. The van der Waals surface area contributed by atoms with Crippen molar-refractivity contribution >= 4 is 40.9 Å². The zero-order valence-electron chi connectivity index (χ0n) is 19.2. The lowest BCUT2D eigenvalue weighted by Crippen LogP contribution is -2.25. The largest absolute Gasteiger partial charge is 0.495 e. The van der Waals surface area contributed by atoms with Gasteiger partial charge >= 0.3 is 6.18 Å². The first-order valence-corrected chi connectivity index (χ1v) is 12.5. The molecule has 0 atom stereocenters. The summed E-state index contributed by atoms with van der Waals surface area (Å²) in [7, 11) is 1.52. The van der Waals surface area contributed by atoms with E-state index in [1.165, 1.54) is 37.1 Å². The van der Waals surface area contributed by atoms with E-state index in [1.807, 2.05) is 0 Å². The SMILES string of the molecule is COc1ccccc1-n1c(CNC(=O)c2ccc(Cl)cc2Cl)nnc1SCc1cccc(C(F)(F)F)c1. The van der Waals surface area contributed by atoms with E-state index in [-0.39, 0.29) is 22.9 Å². The Morgan fingerprint density at radius 3 is 2.57 bits per heavy atom. The fourth-order valence-corrected chi connectivity index (χ4v) is 4.88. The van der Waals surface area contributed by atoms with Gasteiger partial charge in [0.25, 0.3) is 5.91 Å². The molecule has 12 heteroatoms. The highest BCUT2D eigenvalue weighted by atomic mass is 35.5. The minimum Gasteiger partial charge on any atom is -0.495 e. The molecule has 6 nitrogen and oxygen atoms in total. The number of thioether (sulfide) groups is 1. The van der Waals surface area contributed by atoms with Crippen LogP contribution < -0.4 is 10.1 Å². The number of nitrogens with zero attached hydrogens (tertiary/aromatic N) is 3. The zero-order chi connectivity index (χ0) is 26.6. The number of nitrogens with one attached hydrogen (secondary N) is 1. The van der Waals surface area contributed by atoms with E-state index in [2.05, 4.69) is 15.5 Å². The molecule has 1 heterocycles. The van der Waals surface area contributed by atoms with Crippen LogP contribution in [-0.4, -0.2) is 27.8 Å². The Labute approximate surface area is 224 Å². The fraction of sp³-hybridized carbons (Fsp3) is 0.160. The molecule has 0 bridgehead atoms. The van der Waals surface area contributed by atoms with E-state index < -0.39 is 17.6 Å². The molecule has 1 N–H and O–H groups in total. The Balaban J connectivity index is 1.61. The molecule has 3 aromatic carbocycles. The standard InChI is InChI=1S/C25H19Cl2F3N4O2S/c1-36-21-8-3-2-7-20(21)34-22(13-31-23(35)18-10-9-17(26)12-19(18)27)32-33-24(34)37-14-15-5-4-6-16(11-15)25(28,29)30/h2-12H,13-14H2,1H3,(H,31,35). The maximum Gasteiger partial charge on any atom is 0.416 e. The Kier molecular flexibility index (Phi) is 8.31. The summed E-state index contributed by atoms with van der Waals surface area (Å²) in [5.41, 5.74) is 0.603. The quantitative estimate of drug-likeness (QED) is 0.237. The van der Waals surface area contributed by atoms with E-state index in [0.717, 1.165) is 12.1 Å². The van der Waals surface area contributed by atoms with E-state index >= 15 is 0 Å². The normalized spacial score (nSPS) is 11.4. The lowest BCUT2D eigenvalue weighted by Gasteiger charge is -2.14. The number of alkyl halides is 3. The molecular weight excluding hydrogens is 548 g/mol. The molecule has 4 rings (SSSR count). The molecule has 0 radical (unpaired) electrons. The number of amides is 1. The van der Waals surface area contributed by atoms with Gasteiger partial charge in [-0.2, -0.15) is 13.2 Å². The molecule has 0 fully saturated rings. The number of aromatic nitrogens is 3. The van der Waals surface area contributed by atoms with Gasteiger partial charge in [-0.25, -0.2) is 0 Å². The number of rotatable bonds is 8. The van der Waals surface area contributed by atoms with E-state index in [9.17, 15) is 18.0 Å². The molecule has 0 saturated carbocycles. The highest BCUT2D eigenvalue weighted by molar-refractivity contribution is 7.98. The lowest BCUT2D eigenvalue weighted by atomic mass is 10.1. The summed E-state index contributed by atoms with van der Waals surface area (Å²) in [5, 5.41) is 12.3. The molecule has 0 aliphatic heterocycles. The van der Waals surface area contributed by atoms with Crippen molar-refractivity contribution in [1.82, 2.24) is 20.1 Å². The summed E-state index contributed by atoms with van der Waals surface area (Å²) in [6, 6.07) is 16.8. The van der Waals surface area contributed by atoms with E-state index in [4.69, 9.17) is 27.9 Å². The number of methoxy groups -OCH3 is 1. The number of hydrogen-bond donors (Lipinski definition) is 1. The molecule has 0 spiro atoms. The molecule has 1 amide bonds. The summed E-state index contributed by atoms with van der Waals surface area (Å²) in [4.78, 5) is 12.7. The predicted molar refractivity (Wildman–Crippen MR) is 137 cm³/mol. The second-order valence-electron chi connectivity index (χ2n) is 7.70. The third-order valence-corrected chi connectivity index (χ3v) is 6.78. The number of halogens is 5. The minimum atomic E-state index is -4.43. The maximum absolute atomic E-state index is 13.1. The van der Waals surface area contributed by atoms with Gasteiger partial charge in [0.05, 0.1) is 35.5 Å². The van der Waals surface area contributed by atoms with Crippen molar-refractivity contribution in [2.45, 2.75) is 23.6 Å². The summed E-state index contributed by atoms with van der Waals surface area (Å²) in [6.07, 6.45) is -4.43. The number of ether oxygens (including phenoxy) is 1. The molecule has 192 valence electrons. The van der Waals surface area contributed by atoms with Gasteiger partial charge in [-0.15, -0.1) is 10.2 Å². The first kappa shape index (κ1) is 26.8. The van der Waals surface area contributed by atoms with Gasteiger partial charge < -0.3 is 10.1 Å². The van der Waals surface area contributed by atoms with Crippen molar-refractivity contribution in [2.75, 3.05) is 7.11 Å². The highest BCUT2D eigenvalue weighted by Crippen LogP contribution is 2.33. The van der Waals surface area contributed by atoms with Crippen LogP contribution in [0, 0.1) is 0 Å². The van der Waals surface area contributed by atoms with Crippen molar-refractivity contribution < 1.29 is 22.7 Å². The van der Waals surface area contributed by atoms with Gasteiger partial charge in [0.1, 0.15) is 5.75 Å². The Morgan fingerprint density at radius 2 is 1.84 bits per heavy atom. The van der Waals surface area contributed by atoms with Crippen LogP contribution in [0.2, 0.25) is 10.0 Å². The van der Waals surface area contributed by atoms with Gasteiger partial charge in [-0.3, -0.25) is 9.36 Å². The Morgan fingerprint density at radius 1 is 1.05 bits per heavy atom. The van der Waals surface area contributed by atoms with Crippen molar-refractivity contribution in [2.24, 2.45) is 0 Å². The third kappa shape index (κ3) is 6.38. The number of carbonyl (C=O) groups is 1. The zero-order valence-corrected chi connectivity index (χ0v) is 21.5. The van der Waals surface area contributed by atoms with Crippen LogP contribution in [0.4, 0.5) is 13.2 Å². The predicted octanol–water partition coefficient (Wildman–Crippen LogP) is 6.82. The topological polar surface area (TPSA) is 69.0 Å². The van der Waals surface area contributed by atoms with Gasteiger partial charge in [0, 0.05) is 10.8 Å². The van der Waals surface area contributed by atoms with Crippen LogP contribution in [0.15, 0.2) is 71.9 Å². The average Bonchev–Trinajstić information content (AvgIpc) is 3.28. The Hall–Kier alpha value is -3.21. The van der Waals surface area contributed by atoms with Crippen molar-refractivity contribution in [1.29, 1.82) is 0 Å². The smallest absolute Gasteiger partial charge is 0.416 e. The first-order valence-electron chi connectivity index (χ1n) is 10.8. The van der Waals surface area contributed by atoms with Crippen molar-refractivity contribution in [3.63, 3.8) is 0 Å². The first-order chi connectivity index (χ1) is 17.7. The summed E-state index contributed by atoms with van der Waals surface area (Å²) in [6.45, 7) is -0.00699. The molecule has 0 unspecified atom stereocenters. The number of para-hydroxylation sites is 2. The molecule has 4 aromatic rings. The van der Waals surface area contributed by atoms with Crippen LogP contribution in [0.5, 0.6) is 5.75 Å². The van der Waals surface area contributed by atoms with E-state index in [1.54, 1.807) is 41.0 Å². The van der Waals surface area contributed by atoms with E-state index in [0.29, 0.717) is 33.0 Å². The van der Waals surface area contributed by atoms with Gasteiger partial charge in [-0.1, -0.05) is 65.3 Å². The molecule has 37 heavy (non-hydrogen) atoms. The summed E-state index contributed by atoms with van der Waals surface area (Å²) >= 11 is 13.3. The van der Waals surface area contributed by atoms with Crippen molar-refractivity contribution in [3.8, 4) is 11.4 Å². The van der Waals surface area contributed by atoms with Gasteiger partial charge in [-0.05, 0) is 42.0 Å². The molecule has 0 saturated heterocycles. The van der Waals surface area contributed by atoms with Crippen LogP contribution in [0.25, 0.3) is 5.69 Å². The maximum atomic E-state index is 13.1. The van der Waals surface area contributed by atoms with Gasteiger partial charge in [0.15, 0.2) is 11.0 Å². The monoisotopic (exact) mass is 566 g/mol.